The third-order valence-electron chi connectivity index (χ3n) is 3.46. The van der Waals surface area contributed by atoms with Gasteiger partial charge in [-0.25, -0.2) is 0 Å². The van der Waals surface area contributed by atoms with Crippen LogP contribution in [-0.2, 0) is 11.3 Å². The average Bonchev–Trinajstić information content (AvgIpc) is 2.62. The van der Waals surface area contributed by atoms with Gasteiger partial charge in [0.05, 0.1) is 10.0 Å². The highest BCUT2D eigenvalue weighted by molar-refractivity contribution is 6.42. The SMILES string of the molecule is CNC(=O)c1cccc(CNC(=O)C(C)Oc2ccc(Cl)c(Cl)c2)c1. The van der Waals surface area contributed by atoms with E-state index in [2.05, 4.69) is 10.6 Å². The molecule has 1 atom stereocenters. The number of hydrogen-bond donors (Lipinski definition) is 2. The molecular weight excluding hydrogens is 363 g/mol. The standard InChI is InChI=1S/C18H18Cl2N2O3/c1-11(25-14-6-7-15(19)16(20)9-14)17(23)22-10-12-4-3-5-13(8-12)18(24)21-2/h3-9,11H,10H2,1-2H3,(H,21,24)(H,22,23). The molecule has 0 saturated heterocycles. The second-order valence-electron chi connectivity index (χ2n) is 5.33. The number of ether oxygens (including phenoxy) is 1. The van der Waals surface area contributed by atoms with Gasteiger partial charge >= 0.3 is 0 Å². The number of halogens is 2. The van der Waals surface area contributed by atoms with Crippen molar-refractivity contribution in [3.8, 4) is 5.75 Å². The third kappa shape index (κ3) is 5.37. The van der Waals surface area contributed by atoms with Crippen molar-refractivity contribution in [3.05, 3.63) is 63.6 Å². The summed E-state index contributed by atoms with van der Waals surface area (Å²) in [4.78, 5) is 23.8. The Morgan fingerprint density at radius 2 is 1.88 bits per heavy atom. The quantitative estimate of drug-likeness (QED) is 0.806. The van der Waals surface area contributed by atoms with Gasteiger partial charge in [-0.2, -0.15) is 0 Å². The summed E-state index contributed by atoms with van der Waals surface area (Å²) < 4.78 is 5.56. The molecule has 1 unspecified atom stereocenters. The van der Waals surface area contributed by atoms with Crippen molar-refractivity contribution in [1.29, 1.82) is 0 Å². The van der Waals surface area contributed by atoms with Crippen LogP contribution >= 0.6 is 23.2 Å². The molecule has 0 fully saturated rings. The van der Waals surface area contributed by atoms with Crippen LogP contribution in [0.15, 0.2) is 42.5 Å². The maximum Gasteiger partial charge on any atom is 0.261 e. The predicted octanol–water partition coefficient (Wildman–Crippen LogP) is 3.44. The lowest BCUT2D eigenvalue weighted by molar-refractivity contribution is -0.127. The first-order valence-electron chi connectivity index (χ1n) is 7.61. The van der Waals surface area contributed by atoms with Crippen molar-refractivity contribution >= 4 is 35.0 Å². The number of carbonyl (C=O) groups is 2. The number of rotatable bonds is 6. The highest BCUT2D eigenvalue weighted by Gasteiger charge is 2.15. The second kappa shape index (κ2) is 8.74. The van der Waals surface area contributed by atoms with Crippen LogP contribution in [0.5, 0.6) is 5.75 Å². The molecule has 0 aliphatic rings. The largest absolute Gasteiger partial charge is 0.481 e. The monoisotopic (exact) mass is 380 g/mol. The first kappa shape index (κ1) is 19.1. The van der Waals surface area contributed by atoms with Gasteiger partial charge in [-0.3, -0.25) is 9.59 Å². The number of carbonyl (C=O) groups excluding carboxylic acids is 2. The summed E-state index contributed by atoms with van der Waals surface area (Å²) in [5.74, 6) is -0.000391. The van der Waals surface area contributed by atoms with Gasteiger partial charge in [0.25, 0.3) is 11.8 Å². The topological polar surface area (TPSA) is 67.4 Å². The van der Waals surface area contributed by atoms with Crippen molar-refractivity contribution in [3.63, 3.8) is 0 Å². The zero-order valence-corrected chi connectivity index (χ0v) is 15.3. The molecule has 0 heterocycles. The summed E-state index contributed by atoms with van der Waals surface area (Å²) in [5, 5.41) is 6.11. The van der Waals surface area contributed by atoms with E-state index in [1.807, 2.05) is 6.07 Å². The number of hydrogen-bond acceptors (Lipinski definition) is 3. The molecule has 0 bridgehead atoms. The van der Waals surface area contributed by atoms with E-state index in [0.29, 0.717) is 27.9 Å². The van der Waals surface area contributed by atoms with E-state index in [0.717, 1.165) is 5.56 Å². The van der Waals surface area contributed by atoms with Gasteiger partial charge in [-0.15, -0.1) is 0 Å². The molecule has 0 radical (unpaired) electrons. The van der Waals surface area contributed by atoms with Crippen LogP contribution in [-0.4, -0.2) is 25.0 Å². The third-order valence-corrected chi connectivity index (χ3v) is 4.20. The summed E-state index contributed by atoms with van der Waals surface area (Å²) in [5.41, 5.74) is 1.35. The second-order valence-corrected chi connectivity index (χ2v) is 6.15. The van der Waals surface area contributed by atoms with Gasteiger partial charge in [0.1, 0.15) is 5.75 Å². The van der Waals surface area contributed by atoms with E-state index in [9.17, 15) is 9.59 Å². The van der Waals surface area contributed by atoms with Gasteiger partial charge in [0, 0.05) is 25.2 Å². The minimum absolute atomic E-state index is 0.176. The molecule has 0 aromatic heterocycles. The molecule has 2 aromatic carbocycles. The number of benzene rings is 2. The van der Waals surface area contributed by atoms with Crippen LogP contribution in [0.4, 0.5) is 0 Å². The molecule has 2 amide bonds. The van der Waals surface area contributed by atoms with Crippen molar-refractivity contribution in [2.24, 2.45) is 0 Å². The molecule has 0 saturated carbocycles. The van der Waals surface area contributed by atoms with Gasteiger partial charge in [0.2, 0.25) is 0 Å². The fourth-order valence-electron chi connectivity index (χ4n) is 2.11. The van der Waals surface area contributed by atoms with Crippen LogP contribution < -0.4 is 15.4 Å². The molecule has 7 heteroatoms. The van der Waals surface area contributed by atoms with Crippen molar-refractivity contribution in [2.75, 3.05) is 7.05 Å². The van der Waals surface area contributed by atoms with Crippen LogP contribution in [0.3, 0.4) is 0 Å². The Hall–Kier alpha value is -2.24. The Morgan fingerprint density at radius 3 is 2.56 bits per heavy atom. The van der Waals surface area contributed by atoms with Crippen LogP contribution in [0.25, 0.3) is 0 Å². The number of amides is 2. The smallest absolute Gasteiger partial charge is 0.261 e. The molecule has 2 N–H and O–H groups in total. The summed E-state index contributed by atoms with van der Waals surface area (Å²) in [6, 6.07) is 11.8. The van der Waals surface area contributed by atoms with Gasteiger partial charge in [-0.05, 0) is 36.8 Å². The van der Waals surface area contributed by atoms with E-state index in [-0.39, 0.29) is 11.8 Å². The summed E-state index contributed by atoms with van der Waals surface area (Å²) in [6.45, 7) is 1.93. The molecule has 5 nitrogen and oxygen atoms in total. The van der Waals surface area contributed by atoms with Crippen LogP contribution in [0.2, 0.25) is 10.0 Å². The molecule has 0 aliphatic heterocycles. The number of nitrogens with one attached hydrogen (secondary N) is 2. The lowest BCUT2D eigenvalue weighted by Crippen LogP contribution is -2.35. The molecule has 0 spiro atoms. The first-order valence-corrected chi connectivity index (χ1v) is 8.36. The molecule has 0 aliphatic carbocycles. The van der Waals surface area contributed by atoms with E-state index >= 15 is 0 Å². The maximum absolute atomic E-state index is 12.2. The van der Waals surface area contributed by atoms with Crippen molar-refractivity contribution < 1.29 is 14.3 Å². The fraction of sp³-hybridized carbons (Fsp3) is 0.222. The lowest BCUT2D eigenvalue weighted by atomic mass is 10.1. The first-order chi connectivity index (χ1) is 11.9. The van der Waals surface area contributed by atoms with Crippen LogP contribution in [0, 0.1) is 0 Å². The summed E-state index contributed by atoms with van der Waals surface area (Å²) in [6.07, 6.45) is -0.709. The van der Waals surface area contributed by atoms with Crippen molar-refractivity contribution in [2.45, 2.75) is 19.6 Å². The predicted molar refractivity (Wildman–Crippen MR) is 98.2 cm³/mol. The Bertz CT molecular complexity index is 781. The molecule has 2 aromatic rings. The van der Waals surface area contributed by atoms with E-state index in [1.165, 1.54) is 0 Å². The summed E-state index contributed by atoms with van der Waals surface area (Å²) in [7, 11) is 1.57. The Balaban J connectivity index is 1.93. The minimum atomic E-state index is -0.709. The van der Waals surface area contributed by atoms with Gasteiger partial charge < -0.3 is 15.4 Å². The van der Waals surface area contributed by atoms with E-state index in [4.69, 9.17) is 27.9 Å². The maximum atomic E-state index is 12.2. The van der Waals surface area contributed by atoms with Crippen molar-refractivity contribution in [1.82, 2.24) is 10.6 Å². The lowest BCUT2D eigenvalue weighted by Gasteiger charge is -2.15. The van der Waals surface area contributed by atoms with E-state index in [1.54, 1.807) is 50.4 Å². The highest BCUT2D eigenvalue weighted by atomic mass is 35.5. The molecule has 132 valence electrons. The van der Waals surface area contributed by atoms with E-state index < -0.39 is 6.10 Å². The highest BCUT2D eigenvalue weighted by Crippen LogP contribution is 2.26. The Kier molecular flexibility index (Phi) is 6.67. The zero-order valence-electron chi connectivity index (χ0n) is 13.8. The normalized spacial score (nSPS) is 11.5. The minimum Gasteiger partial charge on any atom is -0.481 e. The summed E-state index contributed by atoms with van der Waals surface area (Å²) >= 11 is 11.8. The van der Waals surface area contributed by atoms with Gasteiger partial charge in [0.15, 0.2) is 6.10 Å². The fourth-order valence-corrected chi connectivity index (χ4v) is 2.40. The molecule has 2 rings (SSSR count). The van der Waals surface area contributed by atoms with Gasteiger partial charge in [-0.1, -0.05) is 35.3 Å². The Morgan fingerprint density at radius 1 is 1.12 bits per heavy atom. The molecule has 25 heavy (non-hydrogen) atoms. The zero-order chi connectivity index (χ0) is 18.4. The molecular formula is C18H18Cl2N2O3. The Labute approximate surface area is 156 Å². The van der Waals surface area contributed by atoms with Crippen LogP contribution in [0.1, 0.15) is 22.8 Å². The average molecular weight is 381 g/mol.